The maximum absolute atomic E-state index is 12.2. The minimum absolute atomic E-state index is 0.213. The van der Waals surface area contributed by atoms with Crippen molar-refractivity contribution in [3.8, 4) is 0 Å². The lowest BCUT2D eigenvalue weighted by Gasteiger charge is -2.16. The predicted octanol–water partition coefficient (Wildman–Crippen LogP) is 2.42. The van der Waals surface area contributed by atoms with Crippen LogP contribution in [-0.4, -0.2) is 20.7 Å². The van der Waals surface area contributed by atoms with E-state index in [1.165, 1.54) is 0 Å². The normalized spacial score (nSPS) is 13.2. The molecule has 1 aromatic rings. The van der Waals surface area contributed by atoms with Crippen LogP contribution in [0.15, 0.2) is 29.2 Å². The van der Waals surface area contributed by atoms with Crippen LogP contribution >= 0.6 is 0 Å². The van der Waals surface area contributed by atoms with Gasteiger partial charge in [-0.3, -0.25) is 0 Å². The van der Waals surface area contributed by atoms with Crippen molar-refractivity contribution in [3.05, 3.63) is 29.8 Å². The largest absolute Gasteiger partial charge is 0.303 e. The van der Waals surface area contributed by atoms with Gasteiger partial charge in [0.05, 0.1) is 4.90 Å². The Bertz CT molecular complexity index is 494. The highest BCUT2D eigenvalue weighted by Gasteiger charge is 2.19. The van der Waals surface area contributed by atoms with E-state index in [9.17, 15) is 13.2 Å². The third-order valence-corrected chi connectivity index (χ3v) is 4.48. The molecule has 19 heavy (non-hydrogen) atoms. The fourth-order valence-corrected chi connectivity index (χ4v) is 3.08. The highest BCUT2D eigenvalue weighted by Crippen LogP contribution is 2.13. The lowest BCUT2D eigenvalue weighted by atomic mass is 10.1. The van der Waals surface area contributed by atoms with Crippen molar-refractivity contribution in [2.75, 3.05) is 0 Å². The summed E-state index contributed by atoms with van der Waals surface area (Å²) in [6, 6.07) is 6.36. The standard InChI is InChI=1S/C14H21NO3S/c1-3-4-5-13(10-11-16)15-19(17,18)14-8-6-12(2)7-9-14/h6-9,11,13,15H,3-5,10H2,1-2H3/t13-/m0/s1. The quantitative estimate of drug-likeness (QED) is 0.745. The van der Waals surface area contributed by atoms with Gasteiger partial charge in [-0.1, -0.05) is 37.5 Å². The smallest absolute Gasteiger partial charge is 0.240 e. The van der Waals surface area contributed by atoms with E-state index in [0.29, 0.717) is 6.42 Å². The Morgan fingerprint density at radius 2 is 1.89 bits per heavy atom. The molecule has 1 rings (SSSR count). The van der Waals surface area contributed by atoms with Crippen molar-refractivity contribution in [2.24, 2.45) is 0 Å². The Balaban J connectivity index is 2.80. The summed E-state index contributed by atoms with van der Waals surface area (Å²) in [7, 11) is -3.54. The average molecular weight is 283 g/mol. The molecule has 0 aromatic heterocycles. The van der Waals surface area contributed by atoms with E-state index >= 15 is 0 Å². The third kappa shape index (κ3) is 5.12. The van der Waals surface area contributed by atoms with Gasteiger partial charge in [-0.25, -0.2) is 13.1 Å². The summed E-state index contributed by atoms with van der Waals surface area (Å²) in [5.74, 6) is 0. The second kappa shape index (κ2) is 7.40. The number of hydrogen-bond acceptors (Lipinski definition) is 3. The second-order valence-corrected chi connectivity index (χ2v) is 6.39. The molecule has 5 heteroatoms. The lowest BCUT2D eigenvalue weighted by molar-refractivity contribution is -0.108. The van der Waals surface area contributed by atoms with Crippen LogP contribution in [0.25, 0.3) is 0 Å². The zero-order chi connectivity index (χ0) is 14.3. The molecule has 0 unspecified atom stereocenters. The maximum Gasteiger partial charge on any atom is 0.240 e. The first-order valence-electron chi connectivity index (χ1n) is 6.52. The van der Waals surface area contributed by atoms with E-state index in [1.807, 2.05) is 13.8 Å². The molecule has 1 N–H and O–H groups in total. The lowest BCUT2D eigenvalue weighted by Crippen LogP contribution is -2.35. The predicted molar refractivity (Wildman–Crippen MR) is 75.5 cm³/mol. The van der Waals surface area contributed by atoms with Crippen LogP contribution < -0.4 is 4.72 Å². The molecule has 0 aliphatic rings. The number of benzene rings is 1. The number of aldehydes is 1. The van der Waals surface area contributed by atoms with Crippen LogP contribution in [0.1, 0.15) is 38.2 Å². The van der Waals surface area contributed by atoms with Crippen molar-refractivity contribution in [1.29, 1.82) is 0 Å². The fraction of sp³-hybridized carbons (Fsp3) is 0.500. The zero-order valence-electron chi connectivity index (χ0n) is 11.4. The minimum atomic E-state index is -3.54. The first-order valence-corrected chi connectivity index (χ1v) is 8.00. The van der Waals surface area contributed by atoms with Gasteiger partial charge in [0.2, 0.25) is 10.0 Å². The Labute approximate surface area is 115 Å². The minimum Gasteiger partial charge on any atom is -0.303 e. The van der Waals surface area contributed by atoms with Crippen molar-refractivity contribution in [2.45, 2.75) is 50.5 Å². The summed E-state index contributed by atoms with van der Waals surface area (Å²) in [5, 5.41) is 0. The molecule has 0 amide bonds. The summed E-state index contributed by atoms with van der Waals surface area (Å²) < 4.78 is 26.9. The van der Waals surface area contributed by atoms with Gasteiger partial charge >= 0.3 is 0 Å². The molecule has 0 bridgehead atoms. The highest BCUT2D eigenvalue weighted by atomic mass is 32.2. The number of rotatable bonds is 8. The van der Waals surface area contributed by atoms with Gasteiger partial charge in [-0.15, -0.1) is 0 Å². The number of hydrogen-bond donors (Lipinski definition) is 1. The topological polar surface area (TPSA) is 63.2 Å². The molecule has 0 heterocycles. The molecule has 0 saturated heterocycles. The molecule has 0 aliphatic carbocycles. The number of sulfonamides is 1. The number of unbranched alkanes of at least 4 members (excludes halogenated alkanes) is 1. The number of carbonyl (C=O) groups is 1. The van der Waals surface area contributed by atoms with Gasteiger partial charge in [0.15, 0.2) is 0 Å². The van der Waals surface area contributed by atoms with Crippen LogP contribution in [-0.2, 0) is 14.8 Å². The summed E-state index contributed by atoms with van der Waals surface area (Å²) in [6.45, 7) is 3.94. The zero-order valence-corrected chi connectivity index (χ0v) is 12.2. The highest BCUT2D eigenvalue weighted by molar-refractivity contribution is 7.89. The number of aryl methyl sites for hydroxylation is 1. The first kappa shape index (κ1) is 15.9. The van der Waals surface area contributed by atoms with Crippen molar-refractivity contribution < 1.29 is 13.2 Å². The van der Waals surface area contributed by atoms with Gasteiger partial charge in [0.25, 0.3) is 0 Å². The molecule has 0 saturated carbocycles. The molecule has 4 nitrogen and oxygen atoms in total. The van der Waals surface area contributed by atoms with Crippen molar-refractivity contribution in [3.63, 3.8) is 0 Å². The van der Waals surface area contributed by atoms with Crippen LogP contribution in [0.5, 0.6) is 0 Å². The molecule has 0 fully saturated rings. The van der Waals surface area contributed by atoms with Crippen molar-refractivity contribution >= 4 is 16.3 Å². The molecular weight excluding hydrogens is 262 g/mol. The van der Waals surface area contributed by atoms with Gasteiger partial charge in [-0.05, 0) is 25.5 Å². The maximum atomic E-state index is 12.2. The summed E-state index contributed by atoms with van der Waals surface area (Å²) in [5.41, 5.74) is 1.01. The molecule has 0 spiro atoms. The molecule has 0 aliphatic heterocycles. The molecular formula is C14H21NO3S. The SMILES string of the molecule is CCCC[C@@H](CC=O)NS(=O)(=O)c1ccc(C)cc1. The van der Waals surface area contributed by atoms with E-state index < -0.39 is 10.0 Å². The van der Waals surface area contributed by atoms with E-state index in [1.54, 1.807) is 24.3 Å². The Morgan fingerprint density at radius 3 is 2.42 bits per heavy atom. The van der Waals surface area contributed by atoms with E-state index in [-0.39, 0.29) is 17.4 Å². The molecule has 1 atom stereocenters. The Morgan fingerprint density at radius 1 is 1.26 bits per heavy atom. The van der Waals surface area contributed by atoms with Gasteiger partial charge in [0.1, 0.15) is 6.29 Å². The van der Waals surface area contributed by atoms with Crippen LogP contribution in [0.2, 0.25) is 0 Å². The first-order chi connectivity index (χ1) is 8.99. The molecule has 0 radical (unpaired) electrons. The van der Waals surface area contributed by atoms with Gasteiger partial charge in [-0.2, -0.15) is 0 Å². The van der Waals surface area contributed by atoms with Crippen molar-refractivity contribution in [1.82, 2.24) is 4.72 Å². The number of carbonyl (C=O) groups excluding carboxylic acids is 1. The van der Waals surface area contributed by atoms with Gasteiger partial charge < -0.3 is 4.79 Å². The average Bonchev–Trinajstić information content (AvgIpc) is 2.36. The van der Waals surface area contributed by atoms with Gasteiger partial charge in [0, 0.05) is 12.5 Å². The monoisotopic (exact) mass is 283 g/mol. The Kier molecular flexibility index (Phi) is 6.18. The van der Waals surface area contributed by atoms with E-state index in [4.69, 9.17) is 0 Å². The summed E-state index contributed by atoms with van der Waals surface area (Å²) >= 11 is 0. The van der Waals surface area contributed by atoms with Crippen LogP contribution in [0.3, 0.4) is 0 Å². The van der Waals surface area contributed by atoms with E-state index in [0.717, 1.165) is 24.7 Å². The summed E-state index contributed by atoms with van der Waals surface area (Å²) in [6.07, 6.45) is 3.53. The van der Waals surface area contributed by atoms with E-state index in [2.05, 4.69) is 4.72 Å². The fourth-order valence-electron chi connectivity index (χ4n) is 1.80. The third-order valence-electron chi connectivity index (χ3n) is 2.94. The number of nitrogens with one attached hydrogen (secondary N) is 1. The Hall–Kier alpha value is -1.20. The molecule has 1 aromatic carbocycles. The van der Waals surface area contributed by atoms with Crippen LogP contribution in [0.4, 0.5) is 0 Å². The molecule has 106 valence electrons. The van der Waals surface area contributed by atoms with Crippen LogP contribution in [0, 0.1) is 6.92 Å². The second-order valence-electron chi connectivity index (χ2n) is 4.68. The summed E-state index contributed by atoms with van der Waals surface area (Å²) in [4.78, 5) is 10.9.